The number of nitrogens with one attached hydrogen (secondary N) is 2. The summed E-state index contributed by atoms with van der Waals surface area (Å²) in [5, 5.41) is 3.43. The van der Waals surface area contributed by atoms with E-state index in [1.165, 1.54) is 16.8 Å². The summed E-state index contributed by atoms with van der Waals surface area (Å²) >= 11 is 0. The Labute approximate surface area is 120 Å². The van der Waals surface area contributed by atoms with Gasteiger partial charge in [0.1, 0.15) is 0 Å². The Morgan fingerprint density at radius 3 is 2.67 bits per heavy atom. The molecule has 0 aliphatic carbocycles. The molecule has 18 heavy (non-hydrogen) atoms. The zero-order valence-electron chi connectivity index (χ0n) is 10.3. The molecule has 100 valence electrons. The van der Waals surface area contributed by atoms with Crippen LogP contribution in [0.15, 0.2) is 36.8 Å². The van der Waals surface area contributed by atoms with Crippen LogP contribution in [0, 0.1) is 6.92 Å². The Morgan fingerprint density at radius 2 is 2.00 bits per heavy atom. The van der Waals surface area contributed by atoms with Gasteiger partial charge in [0.15, 0.2) is 0 Å². The van der Waals surface area contributed by atoms with E-state index < -0.39 is 0 Å². The zero-order chi connectivity index (χ0) is 11.2. The number of H-pyrrole nitrogens is 1. The van der Waals surface area contributed by atoms with Crippen molar-refractivity contribution in [3.8, 4) is 0 Å². The van der Waals surface area contributed by atoms with Crippen molar-refractivity contribution in [3.05, 3.63) is 53.6 Å². The fourth-order valence-corrected chi connectivity index (χ4v) is 1.68. The Bertz CT molecular complexity index is 430. The summed E-state index contributed by atoms with van der Waals surface area (Å²) < 4.78 is 0. The summed E-state index contributed by atoms with van der Waals surface area (Å²) in [4.78, 5) is 7.09. The Hall–Kier alpha value is -1.03. The third-order valence-electron chi connectivity index (χ3n) is 2.70. The molecule has 1 heterocycles. The van der Waals surface area contributed by atoms with Crippen LogP contribution in [0.25, 0.3) is 0 Å². The maximum absolute atomic E-state index is 3.99. The quantitative estimate of drug-likeness (QED) is 0.831. The van der Waals surface area contributed by atoms with Crippen LogP contribution >= 0.6 is 24.8 Å². The third-order valence-corrected chi connectivity index (χ3v) is 2.70. The average Bonchev–Trinajstić information content (AvgIpc) is 2.79. The lowest BCUT2D eigenvalue weighted by Gasteiger charge is -2.06. The lowest BCUT2D eigenvalue weighted by atomic mass is 10.1. The molecule has 0 bridgehead atoms. The van der Waals surface area contributed by atoms with Gasteiger partial charge in [-0.3, -0.25) is 0 Å². The highest BCUT2D eigenvalue weighted by molar-refractivity contribution is 5.85. The van der Waals surface area contributed by atoms with Crippen LogP contribution in [0.3, 0.4) is 0 Å². The lowest BCUT2D eigenvalue weighted by Crippen LogP contribution is -2.17. The van der Waals surface area contributed by atoms with Crippen molar-refractivity contribution in [2.75, 3.05) is 6.54 Å². The summed E-state index contributed by atoms with van der Waals surface area (Å²) in [5.74, 6) is 0. The molecule has 0 aliphatic rings. The van der Waals surface area contributed by atoms with Crippen LogP contribution in [0.2, 0.25) is 0 Å². The number of nitrogens with zero attached hydrogens (tertiary/aromatic N) is 1. The van der Waals surface area contributed by atoms with Gasteiger partial charge in [0, 0.05) is 31.4 Å². The first-order chi connectivity index (χ1) is 7.86. The minimum Gasteiger partial charge on any atom is -0.348 e. The highest BCUT2D eigenvalue weighted by atomic mass is 35.5. The first-order valence-electron chi connectivity index (χ1n) is 5.59. The second-order valence-corrected chi connectivity index (χ2v) is 3.93. The number of halogens is 2. The van der Waals surface area contributed by atoms with Gasteiger partial charge in [-0.15, -0.1) is 24.8 Å². The van der Waals surface area contributed by atoms with Crippen LogP contribution in [-0.2, 0) is 13.0 Å². The van der Waals surface area contributed by atoms with Gasteiger partial charge in [0.2, 0.25) is 0 Å². The highest BCUT2D eigenvalue weighted by Crippen LogP contribution is 2.05. The average molecular weight is 288 g/mol. The number of hydrogen-bond donors (Lipinski definition) is 2. The molecule has 0 fully saturated rings. The van der Waals surface area contributed by atoms with Gasteiger partial charge in [-0.05, 0) is 18.1 Å². The molecule has 0 spiro atoms. The van der Waals surface area contributed by atoms with Gasteiger partial charge in [0.05, 0.1) is 6.33 Å². The van der Waals surface area contributed by atoms with Gasteiger partial charge in [-0.25, -0.2) is 4.98 Å². The minimum absolute atomic E-state index is 0. The molecule has 0 aliphatic heterocycles. The van der Waals surface area contributed by atoms with Crippen LogP contribution in [0.4, 0.5) is 0 Å². The molecule has 2 N–H and O–H groups in total. The standard InChI is InChI=1S/C13H17N3.2ClH/c1-11-4-2-3-5-12(11)8-14-7-6-13-9-15-10-16-13;;/h2-5,9-10,14H,6-8H2,1H3,(H,15,16);2*1H. The number of aromatic nitrogens is 2. The number of aromatic amines is 1. The van der Waals surface area contributed by atoms with E-state index in [1.807, 2.05) is 6.20 Å². The van der Waals surface area contributed by atoms with Crippen molar-refractivity contribution >= 4 is 24.8 Å². The molecule has 3 nitrogen and oxygen atoms in total. The summed E-state index contributed by atoms with van der Waals surface area (Å²) in [5.41, 5.74) is 3.89. The molecule has 1 aromatic heterocycles. The molecule has 5 heteroatoms. The predicted molar refractivity (Wildman–Crippen MR) is 79.7 cm³/mol. The number of rotatable bonds is 5. The topological polar surface area (TPSA) is 40.7 Å². The van der Waals surface area contributed by atoms with Gasteiger partial charge in [-0.2, -0.15) is 0 Å². The molecular formula is C13H19Cl2N3. The molecule has 0 saturated carbocycles. The maximum Gasteiger partial charge on any atom is 0.0921 e. The first-order valence-corrected chi connectivity index (χ1v) is 5.59. The monoisotopic (exact) mass is 287 g/mol. The molecule has 1 aromatic carbocycles. The van der Waals surface area contributed by atoms with E-state index in [1.54, 1.807) is 6.33 Å². The largest absolute Gasteiger partial charge is 0.348 e. The van der Waals surface area contributed by atoms with Crippen molar-refractivity contribution in [2.24, 2.45) is 0 Å². The van der Waals surface area contributed by atoms with E-state index in [9.17, 15) is 0 Å². The summed E-state index contributed by atoms with van der Waals surface area (Å²) in [6.45, 7) is 4.04. The molecule has 0 radical (unpaired) electrons. The first kappa shape index (κ1) is 17.0. The normalized spacial score (nSPS) is 9.39. The number of aryl methyl sites for hydroxylation is 1. The zero-order valence-corrected chi connectivity index (χ0v) is 12.0. The molecule has 2 aromatic rings. The smallest absolute Gasteiger partial charge is 0.0921 e. The van der Waals surface area contributed by atoms with Gasteiger partial charge < -0.3 is 10.3 Å². The van der Waals surface area contributed by atoms with Crippen molar-refractivity contribution in [3.63, 3.8) is 0 Å². The number of benzene rings is 1. The maximum atomic E-state index is 3.99. The number of imidazole rings is 1. The summed E-state index contributed by atoms with van der Waals surface area (Å²) in [7, 11) is 0. The third kappa shape index (κ3) is 5.08. The summed E-state index contributed by atoms with van der Waals surface area (Å²) in [6, 6.07) is 8.47. The molecule has 0 unspecified atom stereocenters. The van der Waals surface area contributed by atoms with Crippen LogP contribution < -0.4 is 5.32 Å². The fourth-order valence-electron chi connectivity index (χ4n) is 1.68. The van der Waals surface area contributed by atoms with Crippen molar-refractivity contribution in [1.82, 2.24) is 15.3 Å². The Kier molecular flexibility index (Phi) is 8.46. The van der Waals surface area contributed by atoms with E-state index in [2.05, 4.69) is 46.5 Å². The predicted octanol–water partition coefficient (Wildman–Crippen LogP) is 2.89. The SMILES string of the molecule is Cc1ccccc1CNCCc1cnc[nH]1.Cl.Cl. The second kappa shape index (κ2) is 8.97. The van der Waals surface area contributed by atoms with E-state index in [4.69, 9.17) is 0 Å². The number of hydrogen-bond acceptors (Lipinski definition) is 2. The molecule has 0 amide bonds. The van der Waals surface area contributed by atoms with Gasteiger partial charge in [-0.1, -0.05) is 24.3 Å². The Morgan fingerprint density at radius 1 is 1.22 bits per heavy atom. The van der Waals surface area contributed by atoms with Crippen LogP contribution in [0.1, 0.15) is 16.8 Å². The van der Waals surface area contributed by atoms with Gasteiger partial charge in [0.25, 0.3) is 0 Å². The van der Waals surface area contributed by atoms with Crippen LogP contribution in [0.5, 0.6) is 0 Å². The molecule has 0 atom stereocenters. The summed E-state index contributed by atoms with van der Waals surface area (Å²) in [6.07, 6.45) is 4.58. The molecular weight excluding hydrogens is 269 g/mol. The Balaban J connectivity index is 0.00000144. The fraction of sp³-hybridized carbons (Fsp3) is 0.308. The lowest BCUT2D eigenvalue weighted by molar-refractivity contribution is 0.679. The van der Waals surface area contributed by atoms with E-state index >= 15 is 0 Å². The molecule has 0 saturated heterocycles. The molecule has 2 rings (SSSR count). The minimum atomic E-state index is 0. The van der Waals surface area contributed by atoms with E-state index in [0.717, 1.165) is 19.5 Å². The van der Waals surface area contributed by atoms with Gasteiger partial charge >= 0.3 is 0 Å². The van der Waals surface area contributed by atoms with Crippen molar-refractivity contribution < 1.29 is 0 Å². The van der Waals surface area contributed by atoms with Crippen molar-refractivity contribution in [2.45, 2.75) is 19.9 Å². The highest BCUT2D eigenvalue weighted by Gasteiger charge is 1.97. The van der Waals surface area contributed by atoms with E-state index in [0.29, 0.717) is 0 Å². The second-order valence-electron chi connectivity index (χ2n) is 3.93. The van der Waals surface area contributed by atoms with E-state index in [-0.39, 0.29) is 24.8 Å². The van der Waals surface area contributed by atoms with Crippen LogP contribution in [-0.4, -0.2) is 16.5 Å². The van der Waals surface area contributed by atoms with Crippen molar-refractivity contribution in [1.29, 1.82) is 0 Å².